The van der Waals surface area contributed by atoms with E-state index in [1.807, 2.05) is 41.8 Å². The molecule has 1 atom stereocenters. The largest absolute Gasteiger partial charge is 0.369 e. The number of rotatable bonds is 2. The Kier molecular flexibility index (Phi) is 2.71. The molecule has 0 radical (unpaired) electrons. The molecule has 0 aliphatic heterocycles. The highest BCUT2D eigenvalue weighted by Crippen LogP contribution is 2.28. The van der Waals surface area contributed by atoms with Gasteiger partial charge >= 0.3 is 0 Å². The Morgan fingerprint density at radius 3 is 2.58 bits per heavy atom. The molecule has 3 aromatic rings. The molecule has 0 fully saturated rings. The summed E-state index contributed by atoms with van der Waals surface area (Å²) in [5, 5.41) is 0. The number of benzene rings is 2. The zero-order valence-electron chi connectivity index (χ0n) is 10.5. The van der Waals surface area contributed by atoms with Crippen LogP contribution in [0.25, 0.3) is 11.0 Å². The Balaban J connectivity index is 2.19. The minimum atomic E-state index is -0.229. The molecule has 96 valence electrons. The molecule has 2 aromatic carbocycles. The van der Waals surface area contributed by atoms with E-state index in [1.54, 1.807) is 12.1 Å². The van der Waals surface area contributed by atoms with Crippen molar-refractivity contribution < 1.29 is 4.39 Å². The molecule has 3 nitrogen and oxygen atoms in total. The van der Waals surface area contributed by atoms with Crippen molar-refractivity contribution in [2.45, 2.75) is 13.0 Å². The normalized spacial score (nSPS) is 12.7. The van der Waals surface area contributed by atoms with Crippen LogP contribution < -0.4 is 5.73 Å². The van der Waals surface area contributed by atoms with Crippen molar-refractivity contribution in [1.82, 2.24) is 9.55 Å². The van der Waals surface area contributed by atoms with E-state index in [0.29, 0.717) is 11.5 Å². The third-order valence-electron chi connectivity index (χ3n) is 3.37. The first kappa shape index (κ1) is 11.7. The summed E-state index contributed by atoms with van der Waals surface area (Å²) in [5.41, 5.74) is 8.31. The van der Waals surface area contributed by atoms with E-state index in [0.717, 1.165) is 11.0 Å². The highest BCUT2D eigenvalue weighted by atomic mass is 19.1. The summed E-state index contributed by atoms with van der Waals surface area (Å²) in [5.74, 6) is 0.170. The molecule has 0 saturated carbocycles. The average Bonchev–Trinajstić information content (AvgIpc) is 2.74. The van der Waals surface area contributed by atoms with Crippen LogP contribution in [0.3, 0.4) is 0 Å². The van der Waals surface area contributed by atoms with E-state index >= 15 is 0 Å². The highest BCUT2D eigenvalue weighted by Gasteiger charge is 2.17. The van der Waals surface area contributed by atoms with Crippen molar-refractivity contribution in [1.29, 1.82) is 0 Å². The fraction of sp³-hybridized carbons (Fsp3) is 0.133. The second-order valence-electron chi connectivity index (χ2n) is 4.53. The highest BCUT2D eigenvalue weighted by molar-refractivity contribution is 5.78. The zero-order chi connectivity index (χ0) is 13.4. The number of nitrogen functional groups attached to an aromatic ring is 1. The fourth-order valence-electron chi connectivity index (χ4n) is 2.42. The predicted octanol–water partition coefficient (Wildman–Crippen LogP) is 3.37. The number of hydrogen-bond acceptors (Lipinski definition) is 2. The van der Waals surface area contributed by atoms with Crippen LogP contribution in [0.2, 0.25) is 0 Å². The van der Waals surface area contributed by atoms with Gasteiger partial charge in [-0.25, -0.2) is 9.37 Å². The molecule has 19 heavy (non-hydrogen) atoms. The van der Waals surface area contributed by atoms with Gasteiger partial charge in [0, 0.05) is 5.56 Å². The Bertz CT molecular complexity index is 733. The van der Waals surface area contributed by atoms with Crippen molar-refractivity contribution >= 4 is 17.0 Å². The first-order chi connectivity index (χ1) is 9.18. The molecule has 1 aromatic heterocycles. The van der Waals surface area contributed by atoms with Crippen LogP contribution in [0.15, 0.2) is 48.5 Å². The van der Waals surface area contributed by atoms with Crippen molar-refractivity contribution in [3.8, 4) is 0 Å². The lowest BCUT2D eigenvalue weighted by atomic mass is 10.1. The number of anilines is 1. The second-order valence-corrected chi connectivity index (χ2v) is 4.53. The van der Waals surface area contributed by atoms with Crippen LogP contribution in [0, 0.1) is 5.82 Å². The second kappa shape index (κ2) is 4.39. The van der Waals surface area contributed by atoms with Crippen molar-refractivity contribution in [3.63, 3.8) is 0 Å². The molecular formula is C15H14FN3. The van der Waals surface area contributed by atoms with E-state index in [2.05, 4.69) is 4.98 Å². The topological polar surface area (TPSA) is 43.8 Å². The third kappa shape index (κ3) is 1.85. The van der Waals surface area contributed by atoms with Gasteiger partial charge in [0.2, 0.25) is 5.95 Å². The standard InChI is InChI=1S/C15H14FN3/c1-10(11-6-2-3-7-12(11)16)19-14-9-5-4-8-13(14)18-15(19)17/h2-10H,1H3,(H2,17,18). The monoisotopic (exact) mass is 255 g/mol. The average molecular weight is 255 g/mol. The minimum absolute atomic E-state index is 0.200. The fourth-order valence-corrected chi connectivity index (χ4v) is 2.42. The Morgan fingerprint density at radius 2 is 1.79 bits per heavy atom. The van der Waals surface area contributed by atoms with Crippen LogP contribution in [0.4, 0.5) is 10.3 Å². The number of aromatic nitrogens is 2. The van der Waals surface area contributed by atoms with Gasteiger partial charge in [-0.05, 0) is 25.1 Å². The maximum atomic E-state index is 13.9. The van der Waals surface area contributed by atoms with Gasteiger partial charge in [0.25, 0.3) is 0 Å². The third-order valence-corrected chi connectivity index (χ3v) is 3.37. The predicted molar refractivity (Wildman–Crippen MR) is 74.4 cm³/mol. The maximum Gasteiger partial charge on any atom is 0.201 e. The summed E-state index contributed by atoms with van der Waals surface area (Å²) < 4.78 is 15.7. The smallest absolute Gasteiger partial charge is 0.201 e. The van der Waals surface area contributed by atoms with Gasteiger partial charge in [-0.3, -0.25) is 0 Å². The SMILES string of the molecule is CC(c1ccccc1F)n1c(N)nc2ccccc21. The summed E-state index contributed by atoms with van der Waals surface area (Å²) in [6.45, 7) is 1.92. The van der Waals surface area contributed by atoms with Crippen LogP contribution in [-0.4, -0.2) is 9.55 Å². The van der Waals surface area contributed by atoms with Gasteiger partial charge in [-0.2, -0.15) is 0 Å². The van der Waals surface area contributed by atoms with Crippen LogP contribution in [-0.2, 0) is 0 Å². The van der Waals surface area contributed by atoms with Gasteiger partial charge in [0.1, 0.15) is 5.82 Å². The number of imidazole rings is 1. The molecule has 0 amide bonds. The summed E-state index contributed by atoms with van der Waals surface area (Å²) in [6.07, 6.45) is 0. The molecule has 1 heterocycles. The summed E-state index contributed by atoms with van der Waals surface area (Å²) in [4.78, 5) is 4.31. The van der Waals surface area contributed by atoms with E-state index in [1.165, 1.54) is 6.07 Å². The Morgan fingerprint density at radius 1 is 1.11 bits per heavy atom. The zero-order valence-corrected chi connectivity index (χ0v) is 10.5. The summed E-state index contributed by atoms with van der Waals surface area (Å²) >= 11 is 0. The lowest BCUT2D eigenvalue weighted by Gasteiger charge is -2.17. The minimum Gasteiger partial charge on any atom is -0.369 e. The first-order valence-corrected chi connectivity index (χ1v) is 6.15. The van der Waals surface area contributed by atoms with E-state index < -0.39 is 0 Å². The molecule has 1 unspecified atom stereocenters. The Labute approximate surface area is 110 Å². The van der Waals surface area contributed by atoms with Crippen LogP contribution in [0.1, 0.15) is 18.5 Å². The number of nitrogens with zero attached hydrogens (tertiary/aromatic N) is 2. The van der Waals surface area contributed by atoms with Gasteiger partial charge in [0.05, 0.1) is 17.1 Å². The van der Waals surface area contributed by atoms with E-state index in [9.17, 15) is 4.39 Å². The summed E-state index contributed by atoms with van der Waals surface area (Å²) in [7, 11) is 0. The van der Waals surface area contributed by atoms with Crippen LogP contribution >= 0.6 is 0 Å². The van der Waals surface area contributed by atoms with Crippen molar-refractivity contribution in [2.24, 2.45) is 0 Å². The molecule has 2 N–H and O–H groups in total. The molecule has 0 aliphatic rings. The summed E-state index contributed by atoms with van der Waals surface area (Å²) in [6, 6.07) is 14.2. The van der Waals surface area contributed by atoms with Crippen LogP contribution in [0.5, 0.6) is 0 Å². The molecular weight excluding hydrogens is 241 g/mol. The molecule has 0 bridgehead atoms. The maximum absolute atomic E-state index is 13.9. The number of hydrogen-bond donors (Lipinski definition) is 1. The van der Waals surface area contributed by atoms with Gasteiger partial charge in [0.15, 0.2) is 0 Å². The van der Waals surface area contributed by atoms with E-state index in [4.69, 9.17) is 5.73 Å². The first-order valence-electron chi connectivity index (χ1n) is 6.15. The van der Waals surface area contributed by atoms with Gasteiger partial charge in [-0.15, -0.1) is 0 Å². The lowest BCUT2D eigenvalue weighted by Crippen LogP contribution is -2.11. The number of halogens is 1. The van der Waals surface area contributed by atoms with Crippen molar-refractivity contribution in [2.75, 3.05) is 5.73 Å². The quantitative estimate of drug-likeness (QED) is 0.763. The van der Waals surface area contributed by atoms with Gasteiger partial charge < -0.3 is 10.3 Å². The molecule has 0 spiro atoms. The van der Waals surface area contributed by atoms with E-state index in [-0.39, 0.29) is 11.9 Å². The number of nitrogens with two attached hydrogens (primary N) is 1. The number of fused-ring (bicyclic) bond motifs is 1. The Hall–Kier alpha value is -2.36. The molecule has 3 rings (SSSR count). The molecule has 0 saturated heterocycles. The van der Waals surface area contributed by atoms with Crippen molar-refractivity contribution in [3.05, 3.63) is 59.9 Å². The molecule has 4 heteroatoms. The van der Waals surface area contributed by atoms with Gasteiger partial charge in [-0.1, -0.05) is 30.3 Å². The number of para-hydroxylation sites is 2. The lowest BCUT2D eigenvalue weighted by molar-refractivity contribution is 0.567. The molecule has 0 aliphatic carbocycles.